The number of amides is 1. The van der Waals surface area contributed by atoms with Crippen LogP contribution in [0.25, 0.3) is 0 Å². The third-order valence-electron chi connectivity index (χ3n) is 3.04. The zero-order valence-electron chi connectivity index (χ0n) is 11.9. The number of likely N-dealkylation sites (N-methyl/N-ethyl adjacent to an activating group) is 1. The van der Waals surface area contributed by atoms with Gasteiger partial charge in [0.05, 0.1) is 0 Å². The first-order valence-electron chi connectivity index (χ1n) is 6.52. The van der Waals surface area contributed by atoms with Crippen LogP contribution in [0.2, 0.25) is 5.02 Å². The third kappa shape index (κ3) is 4.18. The summed E-state index contributed by atoms with van der Waals surface area (Å²) in [5.74, 6) is -2.06. The molecule has 0 fully saturated rings. The van der Waals surface area contributed by atoms with Gasteiger partial charge in [0.25, 0.3) is 5.91 Å². The molecule has 0 unspecified atom stereocenters. The average molecular weight is 326 g/mol. The number of carbonyl (C=O) groups is 1. The maximum Gasteiger partial charge on any atom is 0.260 e. The van der Waals surface area contributed by atoms with Crippen molar-refractivity contribution in [2.24, 2.45) is 0 Å². The Morgan fingerprint density at radius 3 is 2.64 bits per heavy atom. The summed E-state index contributed by atoms with van der Waals surface area (Å²) < 4.78 is 31.2. The van der Waals surface area contributed by atoms with Crippen LogP contribution < -0.4 is 4.74 Å². The van der Waals surface area contributed by atoms with Gasteiger partial charge in [-0.05, 0) is 23.8 Å². The van der Waals surface area contributed by atoms with Gasteiger partial charge in [-0.3, -0.25) is 4.79 Å². The molecule has 3 nitrogen and oxygen atoms in total. The second-order valence-corrected chi connectivity index (χ2v) is 5.11. The lowest BCUT2D eigenvalue weighted by Crippen LogP contribution is -2.31. The second kappa shape index (κ2) is 7.22. The number of hydrogen-bond acceptors (Lipinski definition) is 2. The number of carbonyl (C=O) groups excluding carboxylic acids is 1. The average Bonchev–Trinajstić information content (AvgIpc) is 2.48. The quantitative estimate of drug-likeness (QED) is 0.839. The summed E-state index contributed by atoms with van der Waals surface area (Å²) in [5, 5.41) is 0.563. The molecule has 0 heterocycles. The molecule has 0 saturated heterocycles. The lowest BCUT2D eigenvalue weighted by atomic mass is 10.2. The van der Waals surface area contributed by atoms with E-state index in [0.29, 0.717) is 17.6 Å². The van der Waals surface area contributed by atoms with Gasteiger partial charge in [0.15, 0.2) is 18.2 Å². The van der Waals surface area contributed by atoms with Crippen molar-refractivity contribution in [3.8, 4) is 5.75 Å². The van der Waals surface area contributed by atoms with E-state index in [1.165, 1.54) is 4.90 Å². The molecule has 0 N–H and O–H groups in total. The molecule has 0 aromatic heterocycles. The smallest absolute Gasteiger partial charge is 0.260 e. The van der Waals surface area contributed by atoms with Gasteiger partial charge in [0.2, 0.25) is 0 Å². The topological polar surface area (TPSA) is 29.5 Å². The lowest BCUT2D eigenvalue weighted by Gasteiger charge is -2.18. The molecule has 116 valence electrons. The van der Waals surface area contributed by atoms with Crippen LogP contribution >= 0.6 is 11.6 Å². The highest BCUT2D eigenvalue weighted by Crippen LogP contribution is 2.18. The summed E-state index contributed by atoms with van der Waals surface area (Å²) >= 11 is 6.03. The van der Waals surface area contributed by atoms with Crippen LogP contribution in [0.5, 0.6) is 5.75 Å². The fourth-order valence-electron chi connectivity index (χ4n) is 1.81. The van der Waals surface area contributed by atoms with Crippen LogP contribution in [0.3, 0.4) is 0 Å². The number of benzene rings is 2. The van der Waals surface area contributed by atoms with Crippen LogP contribution in [0.4, 0.5) is 8.78 Å². The Bertz CT molecular complexity index is 679. The summed E-state index contributed by atoms with van der Waals surface area (Å²) in [7, 11) is 1.59. The maximum absolute atomic E-state index is 13.4. The van der Waals surface area contributed by atoms with Crippen LogP contribution in [0, 0.1) is 11.6 Å². The van der Waals surface area contributed by atoms with E-state index in [0.717, 1.165) is 17.7 Å². The van der Waals surface area contributed by atoms with Gasteiger partial charge >= 0.3 is 0 Å². The van der Waals surface area contributed by atoms with Crippen molar-refractivity contribution in [2.45, 2.75) is 6.54 Å². The Balaban J connectivity index is 1.93. The number of hydrogen-bond donors (Lipinski definition) is 0. The monoisotopic (exact) mass is 325 g/mol. The second-order valence-electron chi connectivity index (χ2n) is 4.70. The van der Waals surface area contributed by atoms with E-state index in [4.69, 9.17) is 16.3 Å². The first kappa shape index (κ1) is 16.2. The predicted octanol–water partition coefficient (Wildman–Crippen LogP) is 3.66. The molecule has 6 heteroatoms. The van der Waals surface area contributed by atoms with Gasteiger partial charge < -0.3 is 9.64 Å². The highest BCUT2D eigenvalue weighted by molar-refractivity contribution is 6.31. The number of ether oxygens (including phenoxy) is 1. The molecule has 0 aliphatic carbocycles. The minimum absolute atomic E-state index is 0.166. The van der Waals surface area contributed by atoms with Crippen molar-refractivity contribution >= 4 is 17.5 Å². The Labute approximate surface area is 132 Å². The van der Waals surface area contributed by atoms with Crippen molar-refractivity contribution < 1.29 is 18.3 Å². The minimum Gasteiger partial charge on any atom is -0.481 e. The number of rotatable bonds is 5. The zero-order chi connectivity index (χ0) is 16.1. The SMILES string of the molecule is CN(Cc1ccccc1Cl)C(=O)COc1ccc(F)cc1F. The Morgan fingerprint density at radius 2 is 1.95 bits per heavy atom. The predicted molar refractivity (Wildman–Crippen MR) is 79.8 cm³/mol. The van der Waals surface area contributed by atoms with Gasteiger partial charge in [-0.2, -0.15) is 0 Å². The van der Waals surface area contributed by atoms with Gasteiger partial charge in [0, 0.05) is 24.7 Å². The maximum atomic E-state index is 13.4. The summed E-state index contributed by atoms with van der Waals surface area (Å²) in [6.45, 7) is -0.0305. The van der Waals surface area contributed by atoms with E-state index in [1.807, 2.05) is 12.1 Å². The van der Waals surface area contributed by atoms with E-state index in [-0.39, 0.29) is 18.3 Å². The van der Waals surface area contributed by atoms with E-state index < -0.39 is 11.6 Å². The number of nitrogens with zero attached hydrogens (tertiary/aromatic N) is 1. The molecule has 0 bridgehead atoms. The molecule has 0 spiro atoms. The number of halogens is 3. The van der Waals surface area contributed by atoms with E-state index >= 15 is 0 Å². The molecule has 22 heavy (non-hydrogen) atoms. The normalized spacial score (nSPS) is 10.4. The van der Waals surface area contributed by atoms with Gasteiger partial charge in [-0.1, -0.05) is 29.8 Å². The molecular formula is C16H14ClF2NO2. The zero-order valence-corrected chi connectivity index (χ0v) is 12.6. The van der Waals surface area contributed by atoms with E-state index in [9.17, 15) is 13.6 Å². The van der Waals surface area contributed by atoms with Gasteiger partial charge in [-0.25, -0.2) is 8.78 Å². The molecule has 1 amide bonds. The van der Waals surface area contributed by atoms with Crippen molar-refractivity contribution in [1.29, 1.82) is 0 Å². The molecule has 0 atom stereocenters. The Kier molecular flexibility index (Phi) is 5.33. The Morgan fingerprint density at radius 1 is 1.23 bits per heavy atom. The van der Waals surface area contributed by atoms with Crippen molar-refractivity contribution in [3.05, 3.63) is 64.7 Å². The fourth-order valence-corrected chi connectivity index (χ4v) is 2.01. The first-order chi connectivity index (χ1) is 10.5. The molecule has 0 saturated carbocycles. The van der Waals surface area contributed by atoms with Crippen LogP contribution in [-0.2, 0) is 11.3 Å². The molecule has 0 aliphatic heterocycles. The van der Waals surface area contributed by atoms with Crippen LogP contribution in [0.1, 0.15) is 5.56 Å². The van der Waals surface area contributed by atoms with Gasteiger partial charge in [0.1, 0.15) is 5.82 Å². The lowest BCUT2D eigenvalue weighted by molar-refractivity contribution is -0.132. The van der Waals surface area contributed by atoms with Gasteiger partial charge in [-0.15, -0.1) is 0 Å². The highest BCUT2D eigenvalue weighted by atomic mass is 35.5. The third-order valence-corrected chi connectivity index (χ3v) is 3.40. The standard InChI is InChI=1S/C16H14ClF2NO2/c1-20(9-11-4-2-3-5-13(11)17)16(21)10-22-15-7-6-12(18)8-14(15)19/h2-8H,9-10H2,1H3. The molecule has 0 aliphatic rings. The fraction of sp³-hybridized carbons (Fsp3) is 0.188. The summed E-state index contributed by atoms with van der Waals surface area (Å²) in [6, 6.07) is 10.1. The van der Waals surface area contributed by atoms with Crippen molar-refractivity contribution in [3.63, 3.8) is 0 Å². The molecule has 2 aromatic rings. The largest absolute Gasteiger partial charge is 0.481 e. The van der Waals surface area contributed by atoms with Crippen LogP contribution in [0.15, 0.2) is 42.5 Å². The molecule has 2 aromatic carbocycles. The minimum atomic E-state index is -0.846. The van der Waals surface area contributed by atoms with Crippen molar-refractivity contribution in [1.82, 2.24) is 4.90 Å². The molecular weight excluding hydrogens is 312 g/mol. The molecule has 0 radical (unpaired) electrons. The Hall–Kier alpha value is -2.14. The summed E-state index contributed by atoms with van der Waals surface area (Å²) in [6.07, 6.45) is 0. The van der Waals surface area contributed by atoms with E-state index in [2.05, 4.69) is 0 Å². The van der Waals surface area contributed by atoms with Crippen LogP contribution in [-0.4, -0.2) is 24.5 Å². The summed E-state index contributed by atoms with van der Waals surface area (Å²) in [5.41, 5.74) is 0.799. The molecule has 2 rings (SSSR count). The van der Waals surface area contributed by atoms with E-state index in [1.54, 1.807) is 19.2 Å². The highest BCUT2D eigenvalue weighted by Gasteiger charge is 2.13. The summed E-state index contributed by atoms with van der Waals surface area (Å²) in [4.78, 5) is 13.4. The first-order valence-corrected chi connectivity index (χ1v) is 6.90. The van der Waals surface area contributed by atoms with Crippen molar-refractivity contribution in [2.75, 3.05) is 13.7 Å².